The second-order valence-corrected chi connectivity index (χ2v) is 5.70. The highest BCUT2D eigenvalue weighted by molar-refractivity contribution is 5.28. The van der Waals surface area contributed by atoms with Gasteiger partial charge in [0.25, 0.3) is 0 Å². The first-order chi connectivity index (χ1) is 7.09. The number of anilines is 1. The Kier molecular flexibility index (Phi) is 1.71. The van der Waals surface area contributed by atoms with Crippen LogP contribution in [0.2, 0.25) is 0 Å². The van der Waals surface area contributed by atoms with E-state index in [2.05, 4.69) is 19.0 Å². The number of hydrogen-bond acceptors (Lipinski definition) is 3. The molecule has 0 amide bonds. The second-order valence-electron chi connectivity index (χ2n) is 5.70. The third kappa shape index (κ3) is 1.15. The van der Waals surface area contributed by atoms with E-state index in [0.717, 1.165) is 17.5 Å². The van der Waals surface area contributed by atoms with E-state index in [1.807, 2.05) is 6.07 Å². The van der Waals surface area contributed by atoms with Crippen molar-refractivity contribution in [3.05, 3.63) is 11.8 Å². The Morgan fingerprint density at radius 2 is 2.27 bits per heavy atom. The summed E-state index contributed by atoms with van der Waals surface area (Å²) < 4.78 is 4.98. The molecule has 3 atom stereocenters. The van der Waals surface area contributed by atoms with Gasteiger partial charge >= 0.3 is 0 Å². The van der Waals surface area contributed by atoms with E-state index >= 15 is 0 Å². The molecule has 3 fully saturated rings. The number of rotatable bonds is 1. The molecular formula is C12H18N2O. The normalized spacial score (nSPS) is 37.3. The molecule has 1 heterocycles. The maximum atomic E-state index is 5.58. The monoisotopic (exact) mass is 206 g/mol. The van der Waals surface area contributed by atoms with Gasteiger partial charge in [0.1, 0.15) is 0 Å². The number of nitrogens with zero attached hydrogens (tertiary/aromatic N) is 1. The van der Waals surface area contributed by atoms with Crippen molar-refractivity contribution in [2.45, 2.75) is 39.0 Å². The third-order valence-corrected chi connectivity index (χ3v) is 4.78. The van der Waals surface area contributed by atoms with E-state index < -0.39 is 0 Å². The van der Waals surface area contributed by atoms with E-state index in [4.69, 9.17) is 10.3 Å². The molecule has 3 saturated carbocycles. The van der Waals surface area contributed by atoms with E-state index in [-0.39, 0.29) is 0 Å². The van der Waals surface area contributed by atoms with Crippen LogP contribution in [0.4, 0.5) is 5.88 Å². The minimum absolute atomic E-state index is 0.448. The number of hydrogen-bond donors (Lipinski definition) is 1. The van der Waals surface area contributed by atoms with Gasteiger partial charge in [-0.1, -0.05) is 19.0 Å². The SMILES string of the molecule is CC1(C)[C@H]2CCC(c3cc(N)on3)[C@@H]1C2. The molecule has 0 radical (unpaired) electrons. The maximum absolute atomic E-state index is 5.58. The zero-order valence-electron chi connectivity index (χ0n) is 9.36. The maximum Gasteiger partial charge on any atom is 0.222 e. The lowest BCUT2D eigenvalue weighted by molar-refractivity contribution is -0.0818. The molecule has 3 nitrogen and oxygen atoms in total. The Morgan fingerprint density at radius 1 is 1.47 bits per heavy atom. The summed E-state index contributed by atoms with van der Waals surface area (Å²) in [7, 11) is 0. The van der Waals surface area contributed by atoms with Crippen molar-refractivity contribution in [3.8, 4) is 0 Å². The highest BCUT2D eigenvalue weighted by Crippen LogP contribution is 2.63. The number of nitrogens with two attached hydrogens (primary N) is 1. The van der Waals surface area contributed by atoms with Crippen LogP contribution >= 0.6 is 0 Å². The lowest BCUT2D eigenvalue weighted by atomic mass is 9.45. The largest absolute Gasteiger partial charge is 0.368 e. The van der Waals surface area contributed by atoms with Crippen molar-refractivity contribution in [3.63, 3.8) is 0 Å². The van der Waals surface area contributed by atoms with Gasteiger partial charge in [-0.3, -0.25) is 0 Å². The summed E-state index contributed by atoms with van der Waals surface area (Å²) in [6.45, 7) is 4.78. The van der Waals surface area contributed by atoms with Crippen molar-refractivity contribution in [2.24, 2.45) is 17.3 Å². The van der Waals surface area contributed by atoms with Crippen LogP contribution < -0.4 is 5.73 Å². The summed E-state index contributed by atoms with van der Waals surface area (Å²) in [5.41, 5.74) is 7.15. The lowest BCUT2D eigenvalue weighted by Crippen LogP contribution is -2.51. The zero-order valence-corrected chi connectivity index (χ0v) is 9.36. The van der Waals surface area contributed by atoms with Crippen LogP contribution in [0.15, 0.2) is 10.6 Å². The van der Waals surface area contributed by atoms with E-state index in [9.17, 15) is 0 Å². The van der Waals surface area contributed by atoms with E-state index in [1.165, 1.54) is 19.3 Å². The first kappa shape index (κ1) is 9.25. The summed E-state index contributed by atoms with van der Waals surface area (Å²) in [5, 5.41) is 4.08. The van der Waals surface area contributed by atoms with Crippen molar-refractivity contribution < 1.29 is 4.52 Å². The molecule has 15 heavy (non-hydrogen) atoms. The van der Waals surface area contributed by atoms with Crippen LogP contribution in [0.25, 0.3) is 0 Å². The van der Waals surface area contributed by atoms with Crippen LogP contribution in [-0.2, 0) is 0 Å². The second kappa shape index (κ2) is 2.77. The molecule has 0 spiro atoms. The minimum atomic E-state index is 0.448. The molecular weight excluding hydrogens is 188 g/mol. The molecule has 1 unspecified atom stereocenters. The fourth-order valence-electron chi connectivity index (χ4n) is 3.64. The quantitative estimate of drug-likeness (QED) is 0.768. The molecule has 3 heteroatoms. The fourth-order valence-corrected chi connectivity index (χ4v) is 3.64. The van der Waals surface area contributed by atoms with Crippen LogP contribution in [0.5, 0.6) is 0 Å². The summed E-state index contributed by atoms with van der Waals surface area (Å²) >= 11 is 0. The highest BCUT2D eigenvalue weighted by Gasteiger charge is 2.55. The summed E-state index contributed by atoms with van der Waals surface area (Å²) in [6, 6.07) is 1.90. The first-order valence-electron chi connectivity index (χ1n) is 5.81. The van der Waals surface area contributed by atoms with Gasteiger partial charge in [0.15, 0.2) is 0 Å². The molecule has 1 aromatic rings. The van der Waals surface area contributed by atoms with Crippen molar-refractivity contribution in [2.75, 3.05) is 5.73 Å². The molecule has 2 N–H and O–H groups in total. The van der Waals surface area contributed by atoms with Gasteiger partial charge < -0.3 is 10.3 Å². The Balaban J connectivity index is 1.88. The average molecular weight is 206 g/mol. The van der Waals surface area contributed by atoms with Crippen LogP contribution in [0.1, 0.15) is 44.7 Å². The molecule has 3 aliphatic rings. The van der Waals surface area contributed by atoms with Crippen molar-refractivity contribution in [1.82, 2.24) is 5.16 Å². The lowest BCUT2D eigenvalue weighted by Gasteiger charge is -2.59. The Labute approximate surface area is 90.0 Å². The molecule has 1 aromatic heterocycles. The van der Waals surface area contributed by atoms with Crippen molar-refractivity contribution in [1.29, 1.82) is 0 Å². The molecule has 4 rings (SSSR count). The molecule has 82 valence electrons. The summed E-state index contributed by atoms with van der Waals surface area (Å²) in [4.78, 5) is 0. The predicted octanol–water partition coefficient (Wildman–Crippen LogP) is 2.80. The summed E-state index contributed by atoms with van der Waals surface area (Å²) in [5.74, 6) is 2.74. The molecule has 0 aliphatic heterocycles. The standard InChI is InChI=1S/C12H18N2O/c1-12(2)7-3-4-8(9(12)5-7)10-6-11(13)15-14-10/h6-9H,3-5,13H2,1-2H3/t7-,8?,9-/m0/s1. The fraction of sp³-hybridized carbons (Fsp3) is 0.750. The first-order valence-corrected chi connectivity index (χ1v) is 5.81. The van der Waals surface area contributed by atoms with Crippen LogP contribution in [-0.4, -0.2) is 5.16 Å². The van der Waals surface area contributed by atoms with E-state index in [0.29, 0.717) is 17.2 Å². The van der Waals surface area contributed by atoms with Crippen LogP contribution in [0, 0.1) is 17.3 Å². The molecule has 3 aliphatic carbocycles. The molecule has 2 bridgehead atoms. The van der Waals surface area contributed by atoms with Gasteiger partial charge in [-0.2, -0.15) is 0 Å². The number of nitrogen functional groups attached to an aromatic ring is 1. The molecule has 0 saturated heterocycles. The summed E-state index contributed by atoms with van der Waals surface area (Å²) in [6.07, 6.45) is 3.95. The topological polar surface area (TPSA) is 52.0 Å². The Morgan fingerprint density at radius 3 is 2.80 bits per heavy atom. The third-order valence-electron chi connectivity index (χ3n) is 4.78. The van der Waals surface area contributed by atoms with Gasteiger partial charge in [-0.05, 0) is 36.5 Å². The zero-order chi connectivity index (χ0) is 10.6. The van der Waals surface area contributed by atoms with E-state index in [1.54, 1.807) is 0 Å². The smallest absolute Gasteiger partial charge is 0.222 e. The van der Waals surface area contributed by atoms with Gasteiger partial charge in [0.2, 0.25) is 5.88 Å². The minimum Gasteiger partial charge on any atom is -0.368 e. The van der Waals surface area contributed by atoms with Gasteiger partial charge in [0, 0.05) is 12.0 Å². The van der Waals surface area contributed by atoms with Gasteiger partial charge in [-0.15, -0.1) is 0 Å². The average Bonchev–Trinajstić information content (AvgIpc) is 2.64. The number of aromatic nitrogens is 1. The van der Waals surface area contributed by atoms with Gasteiger partial charge in [0.05, 0.1) is 5.69 Å². The molecule has 0 aromatic carbocycles. The highest BCUT2D eigenvalue weighted by atomic mass is 16.5. The predicted molar refractivity (Wildman–Crippen MR) is 58.3 cm³/mol. The van der Waals surface area contributed by atoms with Crippen molar-refractivity contribution >= 4 is 5.88 Å². The Bertz CT molecular complexity index is 381. The van der Waals surface area contributed by atoms with Gasteiger partial charge in [-0.25, -0.2) is 0 Å². The number of fused-ring (bicyclic) bond motifs is 2. The van der Waals surface area contributed by atoms with Crippen LogP contribution in [0.3, 0.4) is 0 Å². The Hall–Kier alpha value is -0.990.